The predicted octanol–water partition coefficient (Wildman–Crippen LogP) is 4.89. The molecule has 1 heterocycles. The molecule has 0 amide bonds. The Hall–Kier alpha value is -3.09. The molecular weight excluding hydrogens is 405 g/mol. The fourth-order valence-corrected chi connectivity index (χ4v) is 4.01. The Kier molecular flexibility index (Phi) is 6.63. The summed E-state index contributed by atoms with van der Waals surface area (Å²) in [6, 6.07) is 22.1. The number of rotatable bonds is 7. The first-order chi connectivity index (χ1) is 15.4. The zero-order chi connectivity index (χ0) is 22.7. The van der Waals surface area contributed by atoms with Crippen LogP contribution in [-0.2, 0) is 0 Å². The lowest BCUT2D eigenvalue weighted by Crippen LogP contribution is -2.31. The molecule has 0 saturated carbocycles. The molecule has 6 heteroatoms. The summed E-state index contributed by atoms with van der Waals surface area (Å²) in [5.41, 5.74) is 2.91. The van der Waals surface area contributed by atoms with Gasteiger partial charge in [0.2, 0.25) is 0 Å². The minimum Gasteiger partial charge on any atom is -0.457 e. The monoisotopic (exact) mass is 435 g/mol. The Morgan fingerprint density at radius 2 is 1.50 bits per heavy atom. The number of ether oxygens (including phenoxy) is 1. The number of anilines is 2. The third-order valence-corrected chi connectivity index (χ3v) is 6.11. The van der Waals surface area contributed by atoms with E-state index in [0.717, 1.165) is 24.3 Å². The van der Waals surface area contributed by atoms with Gasteiger partial charge in [-0.15, -0.1) is 0 Å². The third-order valence-electron chi connectivity index (χ3n) is 6.11. The number of hydrogen-bond acceptors (Lipinski definition) is 5. The topological polar surface area (TPSA) is 39.2 Å². The molecule has 1 fully saturated rings. The molecular formula is C26H30FN3O2. The molecule has 0 aromatic heterocycles. The summed E-state index contributed by atoms with van der Waals surface area (Å²) in [5.74, 6) is 0.887. The molecule has 0 bridgehead atoms. The summed E-state index contributed by atoms with van der Waals surface area (Å²) in [5, 5.41) is 10.9. The molecule has 4 rings (SSSR count). The number of likely N-dealkylation sites (N-methyl/N-ethyl adjacent to an activating group) is 1. The van der Waals surface area contributed by atoms with Gasteiger partial charge in [-0.3, -0.25) is 0 Å². The summed E-state index contributed by atoms with van der Waals surface area (Å²) in [6.07, 6.45) is 0.388. The summed E-state index contributed by atoms with van der Waals surface area (Å²) < 4.78 is 18.8. The standard InChI is InChI=1S/C26H30FN3O2/c1-28(2)23-16-17-30(18-23)22-10-8-21(9-11-22)29(3)26(31)19-4-12-24(13-5-19)32-25-14-6-20(27)7-15-25/h4-15,23,26,31H,16-18H2,1-3H3. The van der Waals surface area contributed by atoms with E-state index in [1.54, 1.807) is 24.3 Å². The first-order valence-electron chi connectivity index (χ1n) is 10.9. The van der Waals surface area contributed by atoms with Crippen molar-refractivity contribution in [2.24, 2.45) is 0 Å². The fraction of sp³-hybridized carbons (Fsp3) is 0.308. The average Bonchev–Trinajstić information content (AvgIpc) is 3.31. The number of aliphatic hydroxyl groups excluding tert-OH is 1. The summed E-state index contributed by atoms with van der Waals surface area (Å²) in [4.78, 5) is 6.53. The van der Waals surface area contributed by atoms with Crippen molar-refractivity contribution in [3.8, 4) is 11.5 Å². The van der Waals surface area contributed by atoms with Crippen LogP contribution >= 0.6 is 0 Å². The van der Waals surface area contributed by atoms with Crippen molar-refractivity contribution in [1.29, 1.82) is 0 Å². The van der Waals surface area contributed by atoms with Crippen LogP contribution in [0.2, 0.25) is 0 Å². The maximum absolute atomic E-state index is 13.0. The maximum atomic E-state index is 13.0. The number of aliphatic hydroxyl groups is 1. The Balaban J connectivity index is 1.38. The van der Waals surface area contributed by atoms with Crippen molar-refractivity contribution < 1.29 is 14.2 Å². The largest absolute Gasteiger partial charge is 0.457 e. The lowest BCUT2D eigenvalue weighted by Gasteiger charge is -2.27. The highest BCUT2D eigenvalue weighted by Crippen LogP contribution is 2.29. The number of halogens is 1. The van der Waals surface area contributed by atoms with Crippen molar-refractivity contribution in [2.75, 3.05) is 44.0 Å². The van der Waals surface area contributed by atoms with Crippen LogP contribution in [0.5, 0.6) is 11.5 Å². The number of benzene rings is 3. The fourth-order valence-electron chi connectivity index (χ4n) is 4.01. The third kappa shape index (κ3) is 5.03. The zero-order valence-electron chi connectivity index (χ0n) is 18.8. The molecule has 0 radical (unpaired) electrons. The Morgan fingerprint density at radius 1 is 0.906 bits per heavy atom. The van der Waals surface area contributed by atoms with E-state index in [0.29, 0.717) is 17.5 Å². The lowest BCUT2D eigenvalue weighted by atomic mass is 10.1. The van der Waals surface area contributed by atoms with Crippen LogP contribution in [0.15, 0.2) is 72.8 Å². The van der Waals surface area contributed by atoms with Crippen LogP contribution < -0.4 is 14.5 Å². The number of hydrogen-bond donors (Lipinski definition) is 1. The van der Waals surface area contributed by atoms with Crippen LogP contribution in [0, 0.1) is 5.82 Å². The first-order valence-corrected chi connectivity index (χ1v) is 10.9. The van der Waals surface area contributed by atoms with Crippen molar-refractivity contribution >= 4 is 11.4 Å². The molecule has 3 aromatic rings. The molecule has 2 unspecified atom stereocenters. The van der Waals surface area contributed by atoms with E-state index in [4.69, 9.17) is 4.74 Å². The van der Waals surface area contributed by atoms with Gasteiger partial charge in [0.15, 0.2) is 6.23 Å². The average molecular weight is 436 g/mol. The zero-order valence-corrected chi connectivity index (χ0v) is 18.8. The molecule has 0 aliphatic carbocycles. The van der Waals surface area contributed by atoms with Crippen LogP contribution in [0.1, 0.15) is 18.2 Å². The summed E-state index contributed by atoms with van der Waals surface area (Å²) in [7, 11) is 6.14. The van der Waals surface area contributed by atoms with Crippen molar-refractivity contribution in [3.05, 3.63) is 84.2 Å². The highest BCUT2D eigenvalue weighted by atomic mass is 19.1. The lowest BCUT2D eigenvalue weighted by molar-refractivity contribution is 0.178. The van der Waals surface area contributed by atoms with Crippen LogP contribution in [-0.4, -0.2) is 50.3 Å². The molecule has 5 nitrogen and oxygen atoms in total. The van der Waals surface area contributed by atoms with Gasteiger partial charge in [0.25, 0.3) is 0 Å². The maximum Gasteiger partial charge on any atom is 0.153 e. The second-order valence-electron chi connectivity index (χ2n) is 8.48. The first kappa shape index (κ1) is 22.1. The van der Waals surface area contributed by atoms with Crippen molar-refractivity contribution in [1.82, 2.24) is 4.90 Å². The van der Waals surface area contributed by atoms with Gasteiger partial charge in [-0.2, -0.15) is 0 Å². The van der Waals surface area contributed by atoms with Gasteiger partial charge in [0.05, 0.1) is 0 Å². The normalized spacial score (nSPS) is 16.9. The second-order valence-corrected chi connectivity index (χ2v) is 8.48. The van der Waals surface area contributed by atoms with Gasteiger partial charge < -0.3 is 24.5 Å². The SMILES string of the molecule is CN(C)C1CCN(c2ccc(N(C)C(O)c3ccc(Oc4ccc(F)cc4)cc3)cc2)C1. The molecule has 0 spiro atoms. The van der Waals surface area contributed by atoms with E-state index >= 15 is 0 Å². The van der Waals surface area contributed by atoms with E-state index in [9.17, 15) is 9.50 Å². The van der Waals surface area contributed by atoms with E-state index in [1.165, 1.54) is 24.2 Å². The van der Waals surface area contributed by atoms with Gasteiger partial charge in [-0.1, -0.05) is 12.1 Å². The van der Waals surface area contributed by atoms with E-state index < -0.39 is 6.23 Å². The highest BCUT2D eigenvalue weighted by Gasteiger charge is 2.24. The van der Waals surface area contributed by atoms with Gasteiger partial charge >= 0.3 is 0 Å². The Labute approximate surface area is 189 Å². The van der Waals surface area contributed by atoms with Crippen LogP contribution in [0.25, 0.3) is 0 Å². The summed E-state index contributed by atoms with van der Waals surface area (Å²) in [6.45, 7) is 2.10. The minimum absolute atomic E-state index is 0.301. The molecule has 168 valence electrons. The molecule has 3 aromatic carbocycles. The van der Waals surface area contributed by atoms with Crippen LogP contribution in [0.3, 0.4) is 0 Å². The Morgan fingerprint density at radius 3 is 2.06 bits per heavy atom. The number of nitrogens with zero attached hydrogens (tertiary/aromatic N) is 3. The van der Waals surface area contributed by atoms with E-state index in [-0.39, 0.29) is 5.82 Å². The Bertz CT molecular complexity index is 1010. The second kappa shape index (κ2) is 9.59. The van der Waals surface area contributed by atoms with E-state index in [2.05, 4.69) is 36.0 Å². The van der Waals surface area contributed by atoms with Gasteiger partial charge in [0.1, 0.15) is 17.3 Å². The summed E-state index contributed by atoms with van der Waals surface area (Å²) >= 11 is 0. The molecule has 1 saturated heterocycles. The molecule has 1 N–H and O–H groups in total. The van der Waals surface area contributed by atoms with Gasteiger partial charge in [0, 0.05) is 43.1 Å². The molecule has 2 atom stereocenters. The van der Waals surface area contributed by atoms with Crippen LogP contribution in [0.4, 0.5) is 15.8 Å². The molecule has 1 aliphatic heterocycles. The van der Waals surface area contributed by atoms with Gasteiger partial charge in [-0.25, -0.2) is 4.39 Å². The van der Waals surface area contributed by atoms with E-state index in [1.807, 2.05) is 36.2 Å². The quantitative estimate of drug-likeness (QED) is 0.535. The predicted molar refractivity (Wildman–Crippen MR) is 127 cm³/mol. The molecule has 32 heavy (non-hydrogen) atoms. The van der Waals surface area contributed by atoms with Crippen molar-refractivity contribution in [2.45, 2.75) is 18.7 Å². The smallest absolute Gasteiger partial charge is 0.153 e. The minimum atomic E-state index is -0.786. The molecule has 1 aliphatic rings. The van der Waals surface area contributed by atoms with Gasteiger partial charge in [-0.05, 0) is 81.2 Å². The van der Waals surface area contributed by atoms with Crippen molar-refractivity contribution in [3.63, 3.8) is 0 Å². The highest BCUT2D eigenvalue weighted by molar-refractivity contribution is 5.57.